The molecule has 0 aromatic heterocycles. The molecule has 1 saturated heterocycles. The maximum absolute atomic E-state index is 13.0. The molecule has 0 saturated carbocycles. The number of carbonyl (C=O) groups is 1. The SMILES string of the molecule is C[C@H]1CCN(C(=O)CO)C[C@H]1F. The van der Waals surface area contributed by atoms with Gasteiger partial charge in [-0.3, -0.25) is 4.79 Å². The van der Waals surface area contributed by atoms with Gasteiger partial charge >= 0.3 is 0 Å². The number of nitrogens with zero attached hydrogens (tertiary/aromatic N) is 1. The van der Waals surface area contributed by atoms with Gasteiger partial charge < -0.3 is 10.0 Å². The molecule has 70 valence electrons. The first kappa shape index (κ1) is 9.45. The Hall–Kier alpha value is -0.640. The van der Waals surface area contributed by atoms with Crippen LogP contribution < -0.4 is 0 Å². The molecule has 0 bridgehead atoms. The number of aliphatic hydroxyl groups excluding tert-OH is 1. The Morgan fingerprint density at radius 1 is 1.75 bits per heavy atom. The van der Waals surface area contributed by atoms with E-state index in [-0.39, 0.29) is 18.4 Å². The number of amides is 1. The third kappa shape index (κ3) is 1.94. The molecule has 0 spiro atoms. The molecule has 0 aliphatic carbocycles. The van der Waals surface area contributed by atoms with Crippen molar-refractivity contribution >= 4 is 5.91 Å². The Balaban J connectivity index is 2.45. The highest BCUT2D eigenvalue weighted by molar-refractivity contribution is 5.77. The van der Waals surface area contributed by atoms with Gasteiger partial charge in [-0.05, 0) is 12.3 Å². The Kier molecular flexibility index (Phi) is 3.03. The number of aliphatic hydroxyl groups is 1. The lowest BCUT2D eigenvalue weighted by molar-refractivity contribution is -0.137. The van der Waals surface area contributed by atoms with Crippen molar-refractivity contribution < 1.29 is 14.3 Å². The van der Waals surface area contributed by atoms with E-state index in [1.807, 2.05) is 6.92 Å². The number of carbonyl (C=O) groups excluding carboxylic acids is 1. The number of piperidine rings is 1. The fraction of sp³-hybridized carbons (Fsp3) is 0.875. The average Bonchev–Trinajstić information content (AvgIpc) is 2.08. The summed E-state index contributed by atoms with van der Waals surface area (Å²) in [7, 11) is 0. The number of hydrogen-bond acceptors (Lipinski definition) is 2. The van der Waals surface area contributed by atoms with Crippen molar-refractivity contribution in [2.45, 2.75) is 19.5 Å². The van der Waals surface area contributed by atoms with Crippen molar-refractivity contribution in [1.82, 2.24) is 4.90 Å². The predicted octanol–water partition coefficient (Wildman–Crippen LogP) is 0.185. The molecule has 1 N–H and O–H groups in total. The lowest BCUT2D eigenvalue weighted by Crippen LogP contribution is -2.45. The van der Waals surface area contributed by atoms with E-state index < -0.39 is 12.8 Å². The molecule has 3 nitrogen and oxygen atoms in total. The van der Waals surface area contributed by atoms with Gasteiger partial charge in [-0.2, -0.15) is 0 Å². The molecular formula is C8H14FNO2. The van der Waals surface area contributed by atoms with Crippen LogP contribution in [-0.2, 0) is 4.79 Å². The molecule has 1 aliphatic heterocycles. The minimum absolute atomic E-state index is 0.0349. The summed E-state index contributed by atoms with van der Waals surface area (Å²) in [6, 6.07) is 0. The summed E-state index contributed by atoms with van der Waals surface area (Å²) in [5, 5.41) is 8.53. The van der Waals surface area contributed by atoms with Gasteiger partial charge in [0, 0.05) is 6.54 Å². The van der Waals surface area contributed by atoms with Crippen LogP contribution in [0.15, 0.2) is 0 Å². The summed E-state index contributed by atoms with van der Waals surface area (Å²) in [4.78, 5) is 12.3. The van der Waals surface area contributed by atoms with Crippen molar-refractivity contribution in [2.24, 2.45) is 5.92 Å². The molecule has 12 heavy (non-hydrogen) atoms. The zero-order valence-corrected chi connectivity index (χ0v) is 7.16. The van der Waals surface area contributed by atoms with Crippen LogP contribution in [0.5, 0.6) is 0 Å². The summed E-state index contributed by atoms with van der Waals surface area (Å²) < 4.78 is 13.0. The predicted molar refractivity (Wildman–Crippen MR) is 42.3 cm³/mol. The van der Waals surface area contributed by atoms with Crippen LogP contribution in [0, 0.1) is 5.92 Å². The minimum atomic E-state index is -0.936. The van der Waals surface area contributed by atoms with Gasteiger partial charge in [-0.1, -0.05) is 6.92 Å². The van der Waals surface area contributed by atoms with Crippen LogP contribution in [0.4, 0.5) is 4.39 Å². The van der Waals surface area contributed by atoms with Crippen LogP contribution in [0.2, 0.25) is 0 Å². The number of halogens is 1. The van der Waals surface area contributed by atoms with Gasteiger partial charge in [0.25, 0.3) is 0 Å². The molecule has 1 heterocycles. The van der Waals surface area contributed by atoms with Crippen LogP contribution in [0.25, 0.3) is 0 Å². The number of hydrogen-bond donors (Lipinski definition) is 1. The van der Waals surface area contributed by atoms with E-state index in [4.69, 9.17) is 5.11 Å². The quantitative estimate of drug-likeness (QED) is 0.617. The van der Waals surface area contributed by atoms with E-state index in [0.717, 1.165) is 0 Å². The average molecular weight is 175 g/mol. The van der Waals surface area contributed by atoms with E-state index in [9.17, 15) is 9.18 Å². The van der Waals surface area contributed by atoms with Crippen LogP contribution in [-0.4, -0.2) is 41.8 Å². The highest BCUT2D eigenvalue weighted by Gasteiger charge is 2.27. The van der Waals surface area contributed by atoms with Gasteiger partial charge in [0.2, 0.25) is 5.91 Å². The molecule has 1 amide bonds. The van der Waals surface area contributed by atoms with Crippen LogP contribution >= 0.6 is 0 Å². The van der Waals surface area contributed by atoms with Gasteiger partial charge in [-0.25, -0.2) is 4.39 Å². The first-order chi connectivity index (χ1) is 5.65. The molecule has 0 radical (unpaired) electrons. The number of alkyl halides is 1. The van der Waals surface area contributed by atoms with E-state index in [1.54, 1.807) is 0 Å². The zero-order chi connectivity index (χ0) is 9.14. The Morgan fingerprint density at radius 2 is 2.42 bits per heavy atom. The molecule has 2 atom stereocenters. The highest BCUT2D eigenvalue weighted by atomic mass is 19.1. The van der Waals surface area contributed by atoms with Gasteiger partial charge in [-0.15, -0.1) is 0 Å². The van der Waals surface area contributed by atoms with Crippen molar-refractivity contribution in [3.63, 3.8) is 0 Å². The second-order valence-corrected chi connectivity index (χ2v) is 3.28. The second kappa shape index (κ2) is 3.85. The van der Waals surface area contributed by atoms with Crippen LogP contribution in [0.3, 0.4) is 0 Å². The molecule has 0 aromatic carbocycles. The fourth-order valence-corrected chi connectivity index (χ4v) is 1.35. The maximum atomic E-state index is 13.0. The summed E-state index contributed by atoms with van der Waals surface area (Å²) in [6.07, 6.45) is -0.248. The van der Waals surface area contributed by atoms with Crippen LogP contribution in [0.1, 0.15) is 13.3 Å². The fourth-order valence-electron chi connectivity index (χ4n) is 1.35. The smallest absolute Gasteiger partial charge is 0.248 e. The van der Waals surface area contributed by atoms with E-state index in [2.05, 4.69) is 0 Å². The maximum Gasteiger partial charge on any atom is 0.248 e. The zero-order valence-electron chi connectivity index (χ0n) is 7.16. The van der Waals surface area contributed by atoms with Gasteiger partial charge in [0.05, 0.1) is 6.54 Å². The monoisotopic (exact) mass is 175 g/mol. The molecule has 1 fully saturated rings. The Morgan fingerprint density at radius 3 is 2.92 bits per heavy atom. The lowest BCUT2D eigenvalue weighted by Gasteiger charge is -2.32. The number of likely N-dealkylation sites (tertiary alicyclic amines) is 1. The Bertz CT molecular complexity index is 174. The molecule has 1 rings (SSSR count). The third-order valence-corrected chi connectivity index (χ3v) is 2.35. The van der Waals surface area contributed by atoms with Crippen molar-refractivity contribution in [3.05, 3.63) is 0 Å². The topological polar surface area (TPSA) is 40.5 Å². The van der Waals surface area contributed by atoms with E-state index in [0.29, 0.717) is 13.0 Å². The summed E-state index contributed by atoms with van der Waals surface area (Å²) in [5.74, 6) is -0.336. The molecule has 1 aliphatic rings. The van der Waals surface area contributed by atoms with E-state index >= 15 is 0 Å². The molecule has 4 heteroatoms. The molecular weight excluding hydrogens is 161 g/mol. The standard InChI is InChI=1S/C8H14FNO2/c1-6-2-3-10(4-7(6)9)8(12)5-11/h6-7,11H,2-5H2,1H3/t6-,7+/m0/s1. The third-order valence-electron chi connectivity index (χ3n) is 2.35. The minimum Gasteiger partial charge on any atom is -0.387 e. The van der Waals surface area contributed by atoms with Gasteiger partial charge in [0.15, 0.2) is 0 Å². The summed E-state index contributed by atoms with van der Waals surface area (Å²) in [6.45, 7) is 2.04. The largest absolute Gasteiger partial charge is 0.387 e. The van der Waals surface area contributed by atoms with E-state index in [1.165, 1.54) is 4.90 Å². The normalized spacial score (nSPS) is 30.4. The summed E-state index contributed by atoms with van der Waals surface area (Å²) in [5.41, 5.74) is 0. The molecule has 0 unspecified atom stereocenters. The first-order valence-electron chi connectivity index (χ1n) is 4.18. The highest BCUT2D eigenvalue weighted by Crippen LogP contribution is 2.19. The Labute approximate surface area is 71.2 Å². The summed E-state index contributed by atoms with van der Waals surface area (Å²) >= 11 is 0. The van der Waals surface area contributed by atoms with Gasteiger partial charge in [0.1, 0.15) is 12.8 Å². The van der Waals surface area contributed by atoms with Crippen molar-refractivity contribution in [1.29, 1.82) is 0 Å². The first-order valence-corrected chi connectivity index (χ1v) is 4.18. The lowest BCUT2D eigenvalue weighted by atomic mass is 9.97. The van der Waals surface area contributed by atoms with Crippen molar-refractivity contribution in [2.75, 3.05) is 19.7 Å². The number of rotatable bonds is 1. The molecule has 0 aromatic rings. The second-order valence-electron chi connectivity index (χ2n) is 3.28. The van der Waals surface area contributed by atoms with Crippen molar-refractivity contribution in [3.8, 4) is 0 Å².